The van der Waals surface area contributed by atoms with E-state index in [-0.39, 0.29) is 0 Å². The molecular formula is C9H21N3. The van der Waals surface area contributed by atoms with Gasteiger partial charge in [0.1, 0.15) is 0 Å². The lowest BCUT2D eigenvalue weighted by molar-refractivity contribution is 0.0679. The maximum absolute atomic E-state index is 5.38. The molecule has 1 heterocycles. The van der Waals surface area contributed by atoms with Crippen LogP contribution in [0.15, 0.2) is 0 Å². The van der Waals surface area contributed by atoms with Gasteiger partial charge in [-0.3, -0.25) is 0 Å². The first-order valence-corrected chi connectivity index (χ1v) is 4.89. The van der Waals surface area contributed by atoms with Crippen molar-refractivity contribution >= 4 is 0 Å². The van der Waals surface area contributed by atoms with E-state index in [1.54, 1.807) is 0 Å². The monoisotopic (exact) mass is 171 g/mol. The van der Waals surface area contributed by atoms with Gasteiger partial charge in [0.05, 0.1) is 0 Å². The highest BCUT2D eigenvalue weighted by Gasteiger charge is 2.27. The molecular weight excluding hydrogens is 150 g/mol. The summed E-state index contributed by atoms with van der Waals surface area (Å²) >= 11 is 0. The van der Waals surface area contributed by atoms with E-state index >= 15 is 0 Å². The topological polar surface area (TPSA) is 41.3 Å². The van der Waals surface area contributed by atoms with E-state index in [2.05, 4.69) is 24.1 Å². The molecule has 3 heteroatoms. The number of hydrogen-bond donors (Lipinski definition) is 2. The third kappa shape index (κ3) is 2.73. The summed E-state index contributed by atoms with van der Waals surface area (Å²) in [5, 5.41) is 3.34. The fourth-order valence-corrected chi connectivity index (χ4v) is 1.57. The number of rotatable bonds is 5. The summed E-state index contributed by atoms with van der Waals surface area (Å²) in [4.78, 5) is 2.49. The van der Waals surface area contributed by atoms with Crippen LogP contribution in [0.1, 0.15) is 13.8 Å². The van der Waals surface area contributed by atoms with Gasteiger partial charge < -0.3 is 16.0 Å². The Labute approximate surface area is 75.3 Å². The quantitative estimate of drug-likeness (QED) is 0.566. The van der Waals surface area contributed by atoms with Crippen molar-refractivity contribution in [2.45, 2.75) is 19.9 Å². The van der Waals surface area contributed by atoms with E-state index in [0.29, 0.717) is 0 Å². The molecule has 0 atom stereocenters. The highest BCUT2D eigenvalue weighted by molar-refractivity contribution is 4.83. The second-order valence-corrected chi connectivity index (χ2v) is 3.91. The molecule has 0 bridgehead atoms. The fraction of sp³-hybridized carbons (Fsp3) is 1.00. The predicted octanol–water partition coefficient (Wildman–Crippen LogP) is -0.125. The van der Waals surface area contributed by atoms with Crippen molar-refractivity contribution in [1.29, 1.82) is 0 Å². The minimum absolute atomic E-state index is 0.718. The summed E-state index contributed by atoms with van der Waals surface area (Å²) in [5.41, 5.74) is 5.38. The number of hydrogen-bond acceptors (Lipinski definition) is 3. The van der Waals surface area contributed by atoms with Gasteiger partial charge in [0.25, 0.3) is 0 Å². The zero-order valence-corrected chi connectivity index (χ0v) is 8.21. The highest BCUT2D eigenvalue weighted by atomic mass is 15.2. The Morgan fingerprint density at radius 2 is 2.17 bits per heavy atom. The first-order valence-electron chi connectivity index (χ1n) is 4.89. The summed E-state index contributed by atoms with van der Waals surface area (Å²) < 4.78 is 0. The molecule has 3 nitrogen and oxygen atoms in total. The maximum atomic E-state index is 5.38. The highest BCUT2D eigenvalue weighted by Crippen LogP contribution is 2.16. The normalized spacial score (nSPS) is 20.0. The lowest BCUT2D eigenvalue weighted by atomic mass is 9.98. The summed E-state index contributed by atoms with van der Waals surface area (Å²) in [5.74, 6) is 0.860. The second-order valence-electron chi connectivity index (χ2n) is 3.91. The lowest BCUT2D eigenvalue weighted by Gasteiger charge is -2.42. The fourth-order valence-electron chi connectivity index (χ4n) is 1.57. The third-order valence-electron chi connectivity index (χ3n) is 2.47. The van der Waals surface area contributed by atoms with Crippen molar-refractivity contribution in [3.8, 4) is 0 Å². The van der Waals surface area contributed by atoms with Gasteiger partial charge in [0, 0.05) is 38.8 Å². The molecule has 0 spiro atoms. The number of nitrogens with two attached hydrogens (primary N) is 1. The molecule has 0 radical (unpaired) electrons. The lowest BCUT2D eigenvalue weighted by Crippen LogP contribution is -2.53. The zero-order valence-electron chi connectivity index (χ0n) is 8.21. The first-order chi connectivity index (χ1) is 5.74. The summed E-state index contributed by atoms with van der Waals surface area (Å²) in [6, 6.07) is 0.718. The number of nitrogens with one attached hydrogen (secondary N) is 1. The van der Waals surface area contributed by atoms with Gasteiger partial charge in [-0.2, -0.15) is 0 Å². The van der Waals surface area contributed by atoms with E-state index < -0.39 is 0 Å². The smallest absolute Gasteiger partial charge is 0.00746 e. The van der Waals surface area contributed by atoms with Crippen LogP contribution in [-0.4, -0.2) is 43.7 Å². The maximum Gasteiger partial charge on any atom is 0.00746 e. The molecule has 1 aliphatic rings. The van der Waals surface area contributed by atoms with Gasteiger partial charge in [-0.05, 0) is 19.8 Å². The molecule has 0 amide bonds. The Hall–Kier alpha value is -0.120. The Bertz CT molecular complexity index is 119. The van der Waals surface area contributed by atoms with Gasteiger partial charge in [-0.15, -0.1) is 0 Å². The van der Waals surface area contributed by atoms with E-state index in [1.165, 1.54) is 13.1 Å². The van der Waals surface area contributed by atoms with Crippen molar-refractivity contribution < 1.29 is 0 Å². The van der Waals surface area contributed by atoms with Crippen molar-refractivity contribution in [3.05, 3.63) is 0 Å². The Kier molecular flexibility index (Phi) is 3.98. The summed E-state index contributed by atoms with van der Waals surface area (Å²) in [6.45, 7) is 9.87. The predicted molar refractivity (Wildman–Crippen MR) is 52.1 cm³/mol. The summed E-state index contributed by atoms with van der Waals surface area (Å²) in [6.07, 6.45) is 0. The van der Waals surface area contributed by atoms with Crippen molar-refractivity contribution in [3.63, 3.8) is 0 Å². The molecule has 0 saturated carbocycles. The Morgan fingerprint density at radius 1 is 1.50 bits per heavy atom. The van der Waals surface area contributed by atoms with Gasteiger partial charge in [-0.1, -0.05) is 0 Å². The van der Waals surface area contributed by atoms with Gasteiger partial charge >= 0.3 is 0 Å². The molecule has 1 saturated heterocycles. The van der Waals surface area contributed by atoms with Crippen molar-refractivity contribution in [2.24, 2.45) is 11.7 Å². The molecule has 72 valence electrons. The van der Waals surface area contributed by atoms with Crippen molar-refractivity contribution in [2.75, 3.05) is 32.7 Å². The van der Waals surface area contributed by atoms with Crippen LogP contribution in [0, 0.1) is 5.92 Å². The molecule has 1 fully saturated rings. The van der Waals surface area contributed by atoms with E-state index in [0.717, 1.165) is 31.6 Å². The van der Waals surface area contributed by atoms with E-state index in [9.17, 15) is 0 Å². The first kappa shape index (κ1) is 9.96. The Balaban J connectivity index is 1.95. The van der Waals surface area contributed by atoms with E-state index in [4.69, 9.17) is 5.73 Å². The minimum atomic E-state index is 0.718. The molecule has 0 unspecified atom stereocenters. The second kappa shape index (κ2) is 4.80. The SMILES string of the molecule is CC(C)N1CC(CNCCN)C1. The summed E-state index contributed by atoms with van der Waals surface area (Å²) in [7, 11) is 0. The van der Waals surface area contributed by atoms with Gasteiger partial charge in [-0.25, -0.2) is 0 Å². The standard InChI is InChI=1S/C9H21N3/c1-8(2)12-6-9(7-12)5-11-4-3-10/h8-9,11H,3-7,10H2,1-2H3. The Morgan fingerprint density at radius 3 is 2.67 bits per heavy atom. The molecule has 1 aliphatic heterocycles. The average Bonchev–Trinajstić information content (AvgIpc) is 1.93. The van der Waals surface area contributed by atoms with Crippen molar-refractivity contribution in [1.82, 2.24) is 10.2 Å². The molecule has 1 rings (SSSR count). The van der Waals surface area contributed by atoms with Crippen LogP contribution in [0.3, 0.4) is 0 Å². The number of nitrogens with zero attached hydrogens (tertiary/aromatic N) is 1. The minimum Gasteiger partial charge on any atom is -0.329 e. The molecule has 0 aromatic rings. The van der Waals surface area contributed by atoms with Crippen LogP contribution in [0.25, 0.3) is 0 Å². The van der Waals surface area contributed by atoms with Crippen LogP contribution >= 0.6 is 0 Å². The van der Waals surface area contributed by atoms with Crippen LogP contribution in [0.2, 0.25) is 0 Å². The van der Waals surface area contributed by atoms with E-state index in [1.807, 2.05) is 0 Å². The number of likely N-dealkylation sites (tertiary alicyclic amines) is 1. The van der Waals surface area contributed by atoms with Crippen LogP contribution < -0.4 is 11.1 Å². The molecule has 0 aliphatic carbocycles. The third-order valence-corrected chi connectivity index (χ3v) is 2.47. The molecule has 12 heavy (non-hydrogen) atoms. The van der Waals surface area contributed by atoms with Crippen LogP contribution in [0.5, 0.6) is 0 Å². The van der Waals surface area contributed by atoms with Gasteiger partial charge in [0.2, 0.25) is 0 Å². The molecule has 0 aromatic carbocycles. The van der Waals surface area contributed by atoms with Crippen LogP contribution in [0.4, 0.5) is 0 Å². The zero-order chi connectivity index (χ0) is 8.97. The average molecular weight is 171 g/mol. The molecule has 0 aromatic heterocycles. The van der Waals surface area contributed by atoms with Gasteiger partial charge in [0.15, 0.2) is 0 Å². The molecule has 3 N–H and O–H groups in total. The van der Waals surface area contributed by atoms with Crippen LogP contribution in [-0.2, 0) is 0 Å². The largest absolute Gasteiger partial charge is 0.329 e.